The lowest BCUT2D eigenvalue weighted by molar-refractivity contribution is 0.207. The summed E-state index contributed by atoms with van der Waals surface area (Å²) in [6.07, 6.45) is 17.5. The molecule has 1 nitrogen and oxygen atoms in total. The average molecular weight is 317 g/mol. The highest BCUT2D eigenvalue weighted by atomic mass is 14.7. The van der Waals surface area contributed by atoms with Crippen LogP contribution >= 0.6 is 0 Å². The molecule has 1 fully saturated rings. The highest BCUT2D eigenvalue weighted by Gasteiger charge is 2.42. The molecule has 0 N–H and O–H groups in total. The van der Waals surface area contributed by atoms with Crippen LogP contribution in [0, 0.1) is 11.8 Å². The van der Waals surface area contributed by atoms with E-state index in [0.29, 0.717) is 5.92 Å². The minimum absolute atomic E-state index is 0.0563. The van der Waals surface area contributed by atoms with Gasteiger partial charge in [-0.3, -0.25) is 4.98 Å². The van der Waals surface area contributed by atoms with Gasteiger partial charge in [-0.15, -0.1) is 0 Å². The minimum atomic E-state index is 0.0563. The standard InChI is InChI=1S/C23H27N/c1-2-23(22-16-15-19-12-6-7-14-21(19)24-22)17-9-8-13-20(23)18-10-4-3-5-11-18/h6-9,12-18,20H,2-5,10-11H2,1H3/t20?,23-/m0/s1. The van der Waals surface area contributed by atoms with Crippen LogP contribution in [0.3, 0.4) is 0 Å². The van der Waals surface area contributed by atoms with Gasteiger partial charge in [0.15, 0.2) is 0 Å². The van der Waals surface area contributed by atoms with E-state index in [1.54, 1.807) is 0 Å². The number of rotatable bonds is 3. The Hall–Kier alpha value is -1.89. The maximum Gasteiger partial charge on any atom is 0.0705 e. The largest absolute Gasteiger partial charge is 0.252 e. The summed E-state index contributed by atoms with van der Waals surface area (Å²) >= 11 is 0. The molecule has 4 rings (SSSR count). The quantitative estimate of drug-likeness (QED) is 0.656. The molecule has 1 saturated carbocycles. The first-order valence-corrected chi connectivity index (χ1v) is 9.56. The van der Waals surface area contributed by atoms with Gasteiger partial charge in [-0.25, -0.2) is 0 Å². The Kier molecular flexibility index (Phi) is 4.26. The molecule has 0 aliphatic heterocycles. The molecule has 1 heterocycles. The summed E-state index contributed by atoms with van der Waals surface area (Å²) in [6, 6.07) is 13.0. The number of para-hydroxylation sites is 1. The van der Waals surface area contributed by atoms with Crippen LogP contribution in [0.2, 0.25) is 0 Å². The van der Waals surface area contributed by atoms with Gasteiger partial charge in [0, 0.05) is 10.8 Å². The third-order valence-corrected chi connectivity index (χ3v) is 6.24. The zero-order chi connectivity index (χ0) is 16.4. The molecule has 124 valence electrons. The number of allylic oxidation sites excluding steroid dienone is 4. The van der Waals surface area contributed by atoms with Crippen molar-refractivity contribution in [3.05, 3.63) is 66.4 Å². The van der Waals surface area contributed by atoms with E-state index in [1.165, 1.54) is 43.2 Å². The molecule has 0 bridgehead atoms. The Morgan fingerprint density at radius 2 is 1.83 bits per heavy atom. The molecule has 0 radical (unpaired) electrons. The average Bonchev–Trinajstić information content (AvgIpc) is 2.68. The van der Waals surface area contributed by atoms with Crippen molar-refractivity contribution < 1.29 is 0 Å². The molecule has 2 aromatic rings. The lowest BCUT2D eigenvalue weighted by atomic mass is 9.61. The van der Waals surface area contributed by atoms with Crippen LogP contribution in [0.1, 0.15) is 51.1 Å². The summed E-state index contributed by atoms with van der Waals surface area (Å²) in [5.41, 5.74) is 2.42. The fourth-order valence-electron chi connectivity index (χ4n) is 4.88. The van der Waals surface area contributed by atoms with E-state index in [0.717, 1.165) is 17.9 Å². The van der Waals surface area contributed by atoms with E-state index in [1.807, 2.05) is 0 Å². The van der Waals surface area contributed by atoms with Crippen molar-refractivity contribution in [1.82, 2.24) is 4.98 Å². The van der Waals surface area contributed by atoms with E-state index in [4.69, 9.17) is 4.98 Å². The van der Waals surface area contributed by atoms with Crippen molar-refractivity contribution in [3.8, 4) is 0 Å². The number of nitrogens with zero attached hydrogens (tertiary/aromatic N) is 1. The summed E-state index contributed by atoms with van der Waals surface area (Å²) in [7, 11) is 0. The first-order valence-electron chi connectivity index (χ1n) is 9.56. The molecule has 24 heavy (non-hydrogen) atoms. The number of hydrogen-bond donors (Lipinski definition) is 0. The lowest BCUT2D eigenvalue weighted by Gasteiger charge is -2.43. The van der Waals surface area contributed by atoms with Crippen LogP contribution in [0.5, 0.6) is 0 Å². The topological polar surface area (TPSA) is 12.9 Å². The van der Waals surface area contributed by atoms with Crippen LogP contribution in [0.25, 0.3) is 10.9 Å². The van der Waals surface area contributed by atoms with Gasteiger partial charge >= 0.3 is 0 Å². The van der Waals surface area contributed by atoms with E-state index in [2.05, 4.69) is 67.6 Å². The summed E-state index contributed by atoms with van der Waals surface area (Å²) < 4.78 is 0. The van der Waals surface area contributed by atoms with Crippen molar-refractivity contribution in [3.63, 3.8) is 0 Å². The minimum Gasteiger partial charge on any atom is -0.252 e. The summed E-state index contributed by atoms with van der Waals surface area (Å²) in [5, 5.41) is 1.23. The zero-order valence-corrected chi connectivity index (χ0v) is 14.6. The Bertz CT molecular complexity index is 766. The van der Waals surface area contributed by atoms with Gasteiger partial charge in [-0.2, -0.15) is 0 Å². The van der Waals surface area contributed by atoms with E-state index in [-0.39, 0.29) is 5.41 Å². The maximum atomic E-state index is 5.10. The molecule has 1 aromatic carbocycles. The van der Waals surface area contributed by atoms with Crippen LogP contribution in [0.4, 0.5) is 0 Å². The Labute approximate surface area is 145 Å². The van der Waals surface area contributed by atoms with Gasteiger partial charge in [-0.1, -0.05) is 74.8 Å². The molecule has 2 aliphatic carbocycles. The second-order valence-corrected chi connectivity index (χ2v) is 7.45. The van der Waals surface area contributed by atoms with Crippen LogP contribution in [0.15, 0.2) is 60.7 Å². The lowest BCUT2D eigenvalue weighted by Crippen LogP contribution is -2.39. The van der Waals surface area contributed by atoms with Crippen molar-refractivity contribution in [2.24, 2.45) is 11.8 Å². The molecule has 1 aromatic heterocycles. The number of aromatic nitrogens is 1. The number of benzene rings is 1. The molecule has 0 saturated heterocycles. The fraction of sp³-hybridized carbons (Fsp3) is 0.435. The molecule has 2 atom stereocenters. The van der Waals surface area contributed by atoms with Crippen LogP contribution in [-0.2, 0) is 5.41 Å². The molecular formula is C23H27N. The number of hydrogen-bond acceptors (Lipinski definition) is 1. The fourth-order valence-corrected chi connectivity index (χ4v) is 4.88. The van der Waals surface area contributed by atoms with Gasteiger partial charge in [0.2, 0.25) is 0 Å². The van der Waals surface area contributed by atoms with Gasteiger partial charge in [0.25, 0.3) is 0 Å². The van der Waals surface area contributed by atoms with E-state index in [9.17, 15) is 0 Å². The first-order chi connectivity index (χ1) is 11.8. The highest BCUT2D eigenvalue weighted by Crippen LogP contribution is 2.47. The summed E-state index contributed by atoms with van der Waals surface area (Å²) in [5.74, 6) is 1.38. The monoisotopic (exact) mass is 317 g/mol. The molecule has 1 unspecified atom stereocenters. The SMILES string of the molecule is CC[C@]1(c2ccc3ccccc3n2)C=CC=CC1C1CCCCC1. The Morgan fingerprint density at radius 1 is 1.00 bits per heavy atom. The highest BCUT2D eigenvalue weighted by molar-refractivity contribution is 5.78. The van der Waals surface area contributed by atoms with Gasteiger partial charge in [0.05, 0.1) is 11.2 Å². The predicted octanol–water partition coefficient (Wildman–Crippen LogP) is 6.21. The van der Waals surface area contributed by atoms with Gasteiger partial charge in [0.1, 0.15) is 0 Å². The second-order valence-electron chi connectivity index (χ2n) is 7.45. The Morgan fingerprint density at radius 3 is 2.67 bits per heavy atom. The summed E-state index contributed by atoms with van der Waals surface area (Å²) in [4.78, 5) is 5.10. The van der Waals surface area contributed by atoms with E-state index >= 15 is 0 Å². The molecular weight excluding hydrogens is 290 g/mol. The third kappa shape index (κ3) is 2.60. The van der Waals surface area contributed by atoms with Crippen molar-refractivity contribution in [2.45, 2.75) is 50.9 Å². The van der Waals surface area contributed by atoms with Crippen LogP contribution < -0.4 is 0 Å². The van der Waals surface area contributed by atoms with Crippen molar-refractivity contribution >= 4 is 10.9 Å². The van der Waals surface area contributed by atoms with Gasteiger partial charge in [-0.05, 0) is 43.2 Å². The van der Waals surface area contributed by atoms with E-state index < -0.39 is 0 Å². The van der Waals surface area contributed by atoms with Crippen molar-refractivity contribution in [2.75, 3.05) is 0 Å². The molecule has 1 heteroatoms. The molecule has 2 aliphatic rings. The number of fused-ring (bicyclic) bond motifs is 1. The van der Waals surface area contributed by atoms with Crippen molar-refractivity contribution in [1.29, 1.82) is 0 Å². The normalized spacial score (nSPS) is 27.6. The van der Waals surface area contributed by atoms with Gasteiger partial charge < -0.3 is 0 Å². The molecule has 0 amide bonds. The third-order valence-electron chi connectivity index (χ3n) is 6.24. The zero-order valence-electron chi connectivity index (χ0n) is 14.6. The molecule has 0 spiro atoms. The maximum absolute atomic E-state index is 5.10. The second kappa shape index (κ2) is 6.55. The summed E-state index contributed by atoms with van der Waals surface area (Å²) in [6.45, 7) is 2.33. The Balaban J connectivity index is 1.79. The smallest absolute Gasteiger partial charge is 0.0705 e. The first kappa shape index (κ1) is 15.6. The number of pyridine rings is 1. The van der Waals surface area contributed by atoms with Crippen LogP contribution in [-0.4, -0.2) is 4.98 Å². The predicted molar refractivity (Wildman–Crippen MR) is 102 cm³/mol.